The molecule has 0 aliphatic rings. The first-order valence-corrected chi connectivity index (χ1v) is 8.22. The number of nitrogens with one attached hydrogen (secondary N) is 2. The van der Waals surface area contributed by atoms with Crippen LogP contribution in [0.15, 0.2) is 64.7 Å². The second-order valence-electron chi connectivity index (χ2n) is 4.94. The molecule has 0 aliphatic carbocycles. The van der Waals surface area contributed by atoms with Gasteiger partial charge >= 0.3 is 0 Å². The molecule has 0 aromatic heterocycles. The van der Waals surface area contributed by atoms with Crippen LogP contribution < -0.4 is 15.5 Å². The number of carbonyl (C=O) groups excluding carboxylic acids is 1. The van der Waals surface area contributed by atoms with Crippen LogP contribution in [-0.2, 0) is 4.79 Å². The summed E-state index contributed by atoms with van der Waals surface area (Å²) in [4.78, 5) is 11.8. The van der Waals surface area contributed by atoms with E-state index in [1.54, 1.807) is 24.3 Å². The summed E-state index contributed by atoms with van der Waals surface area (Å²) < 4.78 is 19.2. The van der Waals surface area contributed by atoms with Gasteiger partial charge in [-0.05, 0) is 42.5 Å². The number of rotatable bonds is 8. The van der Waals surface area contributed by atoms with Gasteiger partial charge in [-0.3, -0.25) is 4.79 Å². The lowest BCUT2D eigenvalue weighted by Gasteiger charge is -2.07. The van der Waals surface area contributed by atoms with E-state index in [0.717, 1.165) is 4.47 Å². The summed E-state index contributed by atoms with van der Waals surface area (Å²) in [5.41, 5.74) is 3.78. The summed E-state index contributed by atoms with van der Waals surface area (Å²) in [5.74, 6) is -0.0298. The molecule has 0 unspecified atom stereocenters. The van der Waals surface area contributed by atoms with Crippen LogP contribution in [0.2, 0.25) is 0 Å². The van der Waals surface area contributed by atoms with E-state index in [0.29, 0.717) is 23.6 Å². The van der Waals surface area contributed by atoms with Crippen LogP contribution in [0.4, 0.5) is 10.1 Å². The lowest BCUT2D eigenvalue weighted by atomic mass is 10.2. The molecule has 0 heterocycles. The second kappa shape index (κ2) is 9.58. The van der Waals surface area contributed by atoms with E-state index < -0.39 is 0 Å². The Morgan fingerprint density at radius 1 is 1.28 bits per heavy atom. The van der Waals surface area contributed by atoms with Gasteiger partial charge in [0.05, 0.1) is 12.8 Å². The topological polar surface area (TPSA) is 62.7 Å². The van der Waals surface area contributed by atoms with Gasteiger partial charge in [-0.15, -0.1) is 0 Å². The van der Waals surface area contributed by atoms with Crippen molar-refractivity contribution in [3.05, 3.63) is 71.0 Å². The number of carbonyl (C=O) groups is 1. The molecule has 0 saturated carbocycles. The van der Waals surface area contributed by atoms with Crippen LogP contribution in [0.1, 0.15) is 5.56 Å². The Labute approximate surface area is 153 Å². The SMILES string of the molecule is C=CCOc1ccc(Br)cc1/C=N\NC(=O)CNc1ccc(F)cc1. The maximum Gasteiger partial charge on any atom is 0.259 e. The Hall–Kier alpha value is -2.67. The van der Waals surface area contributed by atoms with E-state index in [1.807, 2.05) is 12.1 Å². The first kappa shape index (κ1) is 18.7. The maximum absolute atomic E-state index is 12.8. The number of halogens is 2. The number of nitrogens with zero attached hydrogens (tertiary/aromatic N) is 1. The lowest BCUT2D eigenvalue weighted by Crippen LogP contribution is -2.25. The summed E-state index contributed by atoms with van der Waals surface area (Å²) in [6.07, 6.45) is 3.14. The number of ether oxygens (including phenoxy) is 1. The molecule has 0 bridgehead atoms. The van der Waals surface area contributed by atoms with E-state index in [1.165, 1.54) is 18.3 Å². The first-order valence-electron chi connectivity index (χ1n) is 7.43. The Balaban J connectivity index is 1.89. The van der Waals surface area contributed by atoms with Gasteiger partial charge in [-0.1, -0.05) is 28.6 Å². The molecule has 5 nitrogen and oxygen atoms in total. The van der Waals surface area contributed by atoms with Crippen LogP contribution in [0, 0.1) is 5.82 Å². The molecule has 1 amide bonds. The van der Waals surface area contributed by atoms with Gasteiger partial charge < -0.3 is 10.1 Å². The standard InChI is InChI=1S/C18H17BrFN3O2/c1-2-9-25-17-8-3-14(19)10-13(17)11-22-23-18(24)12-21-16-6-4-15(20)5-7-16/h2-8,10-11,21H,1,9,12H2,(H,23,24)/b22-11-. The fourth-order valence-electron chi connectivity index (χ4n) is 1.86. The smallest absolute Gasteiger partial charge is 0.259 e. The fraction of sp³-hybridized carbons (Fsp3) is 0.111. The molecular formula is C18H17BrFN3O2. The van der Waals surface area contributed by atoms with Crippen LogP contribution >= 0.6 is 15.9 Å². The largest absolute Gasteiger partial charge is 0.489 e. The lowest BCUT2D eigenvalue weighted by molar-refractivity contribution is -0.119. The molecule has 7 heteroatoms. The summed E-state index contributed by atoms with van der Waals surface area (Å²) in [7, 11) is 0. The highest BCUT2D eigenvalue weighted by atomic mass is 79.9. The van der Waals surface area contributed by atoms with Gasteiger partial charge in [-0.2, -0.15) is 5.10 Å². The number of benzene rings is 2. The second-order valence-corrected chi connectivity index (χ2v) is 5.85. The molecule has 0 atom stereocenters. The number of hydrogen-bond acceptors (Lipinski definition) is 4. The minimum absolute atomic E-state index is 0.0152. The summed E-state index contributed by atoms with van der Waals surface area (Å²) in [6.45, 7) is 3.99. The van der Waals surface area contributed by atoms with Crippen molar-refractivity contribution >= 4 is 33.7 Å². The molecule has 25 heavy (non-hydrogen) atoms. The monoisotopic (exact) mass is 405 g/mol. The molecule has 2 aromatic rings. The highest BCUT2D eigenvalue weighted by Crippen LogP contribution is 2.21. The molecule has 2 N–H and O–H groups in total. The molecule has 0 radical (unpaired) electrons. The van der Waals surface area contributed by atoms with E-state index in [-0.39, 0.29) is 18.3 Å². The number of hydrogen-bond donors (Lipinski definition) is 2. The van der Waals surface area contributed by atoms with Crippen molar-refractivity contribution in [1.29, 1.82) is 0 Å². The highest BCUT2D eigenvalue weighted by molar-refractivity contribution is 9.10. The van der Waals surface area contributed by atoms with Gasteiger partial charge in [0, 0.05) is 15.7 Å². The summed E-state index contributed by atoms with van der Waals surface area (Å²) >= 11 is 3.38. The number of anilines is 1. The van der Waals surface area contributed by atoms with Gasteiger partial charge in [0.25, 0.3) is 5.91 Å². The average molecular weight is 406 g/mol. The predicted molar refractivity (Wildman–Crippen MR) is 100 cm³/mol. The molecular weight excluding hydrogens is 389 g/mol. The Bertz CT molecular complexity index is 763. The van der Waals surface area contributed by atoms with Crippen molar-refractivity contribution in [2.75, 3.05) is 18.5 Å². The van der Waals surface area contributed by atoms with Crippen LogP contribution in [0.25, 0.3) is 0 Å². The predicted octanol–water partition coefficient (Wildman–Crippen LogP) is 3.72. The van der Waals surface area contributed by atoms with Crippen molar-refractivity contribution in [3.8, 4) is 5.75 Å². The Kier molecular flexibility index (Phi) is 7.16. The van der Waals surface area contributed by atoms with Crippen molar-refractivity contribution in [1.82, 2.24) is 5.43 Å². The van der Waals surface area contributed by atoms with Crippen LogP contribution in [0.3, 0.4) is 0 Å². The molecule has 2 aromatic carbocycles. The van der Waals surface area contributed by atoms with Crippen molar-refractivity contribution in [3.63, 3.8) is 0 Å². The zero-order valence-corrected chi connectivity index (χ0v) is 14.9. The van der Waals surface area contributed by atoms with Crippen molar-refractivity contribution in [2.24, 2.45) is 5.10 Å². The van der Waals surface area contributed by atoms with E-state index in [4.69, 9.17) is 4.74 Å². The Morgan fingerprint density at radius 3 is 2.76 bits per heavy atom. The van der Waals surface area contributed by atoms with E-state index in [2.05, 4.69) is 38.4 Å². The van der Waals surface area contributed by atoms with Crippen molar-refractivity contribution in [2.45, 2.75) is 0 Å². The minimum Gasteiger partial charge on any atom is -0.489 e. The summed E-state index contributed by atoms with van der Waals surface area (Å²) in [6, 6.07) is 11.2. The van der Waals surface area contributed by atoms with Gasteiger partial charge in [0.15, 0.2) is 0 Å². The third kappa shape index (κ3) is 6.39. The van der Waals surface area contributed by atoms with E-state index >= 15 is 0 Å². The molecule has 0 spiro atoms. The molecule has 0 fully saturated rings. The third-order valence-corrected chi connectivity index (χ3v) is 3.51. The molecule has 0 saturated heterocycles. The molecule has 2 rings (SSSR count). The minimum atomic E-state index is -0.330. The van der Waals surface area contributed by atoms with Gasteiger partial charge in [0.1, 0.15) is 18.2 Å². The maximum atomic E-state index is 12.8. The van der Waals surface area contributed by atoms with Crippen molar-refractivity contribution < 1.29 is 13.9 Å². The highest BCUT2D eigenvalue weighted by Gasteiger charge is 2.03. The first-order chi connectivity index (χ1) is 12.1. The van der Waals surface area contributed by atoms with Gasteiger partial charge in [0.2, 0.25) is 0 Å². The van der Waals surface area contributed by atoms with Crippen LogP contribution in [0.5, 0.6) is 5.75 Å². The molecule has 130 valence electrons. The number of amides is 1. The van der Waals surface area contributed by atoms with Gasteiger partial charge in [-0.25, -0.2) is 9.82 Å². The fourth-order valence-corrected chi connectivity index (χ4v) is 2.24. The number of hydrazone groups is 1. The summed E-state index contributed by atoms with van der Waals surface area (Å²) in [5, 5.41) is 6.80. The normalized spacial score (nSPS) is 10.5. The zero-order chi connectivity index (χ0) is 18.1. The third-order valence-electron chi connectivity index (χ3n) is 3.02. The average Bonchev–Trinajstić information content (AvgIpc) is 2.60. The zero-order valence-electron chi connectivity index (χ0n) is 13.3. The van der Waals surface area contributed by atoms with Crippen LogP contribution in [-0.4, -0.2) is 25.3 Å². The quantitative estimate of drug-likeness (QED) is 0.399. The van der Waals surface area contributed by atoms with E-state index in [9.17, 15) is 9.18 Å². The Morgan fingerprint density at radius 2 is 2.04 bits per heavy atom. The molecule has 0 aliphatic heterocycles.